The zero-order valence-corrected chi connectivity index (χ0v) is 16.4. The molecule has 2 amide bonds. The van der Waals surface area contributed by atoms with Crippen LogP contribution in [-0.2, 0) is 14.3 Å². The van der Waals surface area contributed by atoms with E-state index in [9.17, 15) is 14.0 Å². The van der Waals surface area contributed by atoms with Gasteiger partial charge in [-0.3, -0.25) is 9.59 Å². The van der Waals surface area contributed by atoms with Gasteiger partial charge in [0.25, 0.3) is 11.8 Å². The van der Waals surface area contributed by atoms with E-state index in [1.54, 1.807) is 12.1 Å². The second-order valence-electron chi connectivity index (χ2n) is 7.19. The van der Waals surface area contributed by atoms with Crippen molar-refractivity contribution in [3.05, 3.63) is 65.6 Å². The summed E-state index contributed by atoms with van der Waals surface area (Å²) in [5.41, 5.74) is 2.65. The molecule has 2 heterocycles. The molecule has 29 heavy (non-hydrogen) atoms. The summed E-state index contributed by atoms with van der Waals surface area (Å²) in [6, 6.07) is 12.9. The van der Waals surface area contributed by atoms with Crippen molar-refractivity contribution in [2.45, 2.75) is 0 Å². The number of anilines is 2. The Balaban J connectivity index is 1.77. The molecule has 2 aliphatic heterocycles. The summed E-state index contributed by atoms with van der Waals surface area (Å²) < 4.78 is 18.8. The van der Waals surface area contributed by atoms with Crippen molar-refractivity contribution in [3.63, 3.8) is 0 Å². The van der Waals surface area contributed by atoms with E-state index in [0.717, 1.165) is 5.69 Å². The zero-order valence-electron chi connectivity index (χ0n) is 16.4. The third-order valence-electron chi connectivity index (χ3n) is 5.14. The van der Waals surface area contributed by atoms with Crippen molar-refractivity contribution in [2.75, 3.05) is 50.2 Å². The first kappa shape index (κ1) is 19.1. The van der Waals surface area contributed by atoms with Crippen LogP contribution in [0.4, 0.5) is 15.8 Å². The van der Waals surface area contributed by atoms with Gasteiger partial charge in [0.05, 0.1) is 24.5 Å². The minimum atomic E-state index is -0.402. The van der Waals surface area contributed by atoms with Gasteiger partial charge >= 0.3 is 0 Å². The maximum Gasteiger partial charge on any atom is 0.282 e. The Morgan fingerprint density at radius 2 is 1.52 bits per heavy atom. The Kier molecular flexibility index (Phi) is 5.07. The molecule has 7 heteroatoms. The molecule has 0 radical (unpaired) electrons. The van der Waals surface area contributed by atoms with Gasteiger partial charge in [-0.25, -0.2) is 9.29 Å². The Morgan fingerprint density at radius 3 is 2.10 bits per heavy atom. The summed E-state index contributed by atoms with van der Waals surface area (Å²) in [6.07, 6.45) is 0. The van der Waals surface area contributed by atoms with Crippen molar-refractivity contribution in [2.24, 2.45) is 0 Å². The van der Waals surface area contributed by atoms with Crippen molar-refractivity contribution in [1.29, 1.82) is 0 Å². The van der Waals surface area contributed by atoms with Crippen LogP contribution < -0.4 is 9.80 Å². The standard InChI is InChI=1S/C22H22FN3O3/c1-24(2)17-7-9-18(10-8-17)26-21(27)19(15-3-5-16(23)6-4-15)20(22(26)28)25-11-13-29-14-12-25/h3-10H,11-14H2,1-2H3. The molecule has 2 aromatic rings. The summed E-state index contributed by atoms with van der Waals surface area (Å²) in [5.74, 6) is -1.16. The van der Waals surface area contributed by atoms with E-state index in [1.807, 2.05) is 36.0 Å². The highest BCUT2D eigenvalue weighted by molar-refractivity contribution is 6.45. The smallest absolute Gasteiger partial charge is 0.282 e. The molecule has 0 aliphatic carbocycles. The van der Waals surface area contributed by atoms with Crippen LogP contribution in [0.1, 0.15) is 5.56 Å². The highest BCUT2D eigenvalue weighted by Gasteiger charge is 2.42. The maximum absolute atomic E-state index is 13.4. The van der Waals surface area contributed by atoms with Crippen LogP contribution in [0.5, 0.6) is 0 Å². The van der Waals surface area contributed by atoms with Gasteiger partial charge in [-0.15, -0.1) is 0 Å². The number of halogens is 1. The average molecular weight is 395 g/mol. The molecule has 0 aromatic heterocycles. The summed E-state index contributed by atoms with van der Waals surface area (Å²) in [6.45, 7) is 2.01. The highest BCUT2D eigenvalue weighted by atomic mass is 19.1. The molecule has 0 N–H and O–H groups in total. The molecular formula is C22H22FN3O3. The fourth-order valence-corrected chi connectivity index (χ4v) is 3.61. The fraction of sp³-hybridized carbons (Fsp3) is 0.273. The van der Waals surface area contributed by atoms with Crippen molar-refractivity contribution in [3.8, 4) is 0 Å². The molecule has 0 spiro atoms. The summed E-state index contributed by atoms with van der Waals surface area (Å²) >= 11 is 0. The second kappa shape index (κ2) is 7.67. The highest BCUT2D eigenvalue weighted by Crippen LogP contribution is 2.35. The number of carbonyl (C=O) groups excluding carboxylic acids is 2. The van der Waals surface area contributed by atoms with E-state index >= 15 is 0 Å². The van der Waals surface area contributed by atoms with Crippen LogP contribution in [-0.4, -0.2) is 57.1 Å². The Bertz CT molecular complexity index is 962. The van der Waals surface area contributed by atoms with E-state index < -0.39 is 11.7 Å². The van der Waals surface area contributed by atoms with E-state index in [4.69, 9.17) is 4.74 Å². The Morgan fingerprint density at radius 1 is 0.897 bits per heavy atom. The van der Waals surface area contributed by atoms with Crippen LogP contribution >= 0.6 is 0 Å². The lowest BCUT2D eigenvalue weighted by molar-refractivity contribution is -0.121. The second-order valence-corrected chi connectivity index (χ2v) is 7.19. The fourth-order valence-electron chi connectivity index (χ4n) is 3.61. The van der Waals surface area contributed by atoms with Crippen LogP contribution in [0.3, 0.4) is 0 Å². The minimum Gasteiger partial charge on any atom is -0.378 e. The first-order valence-electron chi connectivity index (χ1n) is 9.46. The normalized spacial score (nSPS) is 17.3. The van der Waals surface area contributed by atoms with E-state index in [2.05, 4.69) is 0 Å². The number of carbonyl (C=O) groups is 2. The number of hydrogen-bond donors (Lipinski definition) is 0. The van der Waals surface area contributed by atoms with Gasteiger partial charge in [0.1, 0.15) is 11.5 Å². The molecule has 0 bridgehead atoms. The van der Waals surface area contributed by atoms with Crippen molar-refractivity contribution < 1.29 is 18.7 Å². The lowest BCUT2D eigenvalue weighted by atomic mass is 10.0. The van der Waals surface area contributed by atoms with Crippen molar-refractivity contribution in [1.82, 2.24) is 4.90 Å². The van der Waals surface area contributed by atoms with Gasteiger partial charge in [0.15, 0.2) is 0 Å². The van der Waals surface area contributed by atoms with Crippen LogP contribution in [0, 0.1) is 5.82 Å². The zero-order chi connectivity index (χ0) is 20.5. The predicted octanol–water partition coefficient (Wildman–Crippen LogP) is 2.51. The third kappa shape index (κ3) is 3.49. The van der Waals surface area contributed by atoms with Crippen LogP contribution in [0.25, 0.3) is 5.57 Å². The minimum absolute atomic E-state index is 0.300. The number of nitrogens with zero attached hydrogens (tertiary/aromatic N) is 3. The van der Waals surface area contributed by atoms with Gasteiger partial charge in [-0.1, -0.05) is 12.1 Å². The van der Waals surface area contributed by atoms with Crippen LogP contribution in [0.2, 0.25) is 0 Å². The molecule has 0 unspecified atom stereocenters. The topological polar surface area (TPSA) is 53.1 Å². The Hall–Kier alpha value is -3.19. The number of benzene rings is 2. The molecule has 150 valence electrons. The first-order chi connectivity index (χ1) is 14.0. The molecule has 2 aromatic carbocycles. The Labute approximate surface area is 168 Å². The lowest BCUT2D eigenvalue weighted by Gasteiger charge is -2.29. The quantitative estimate of drug-likeness (QED) is 0.745. The average Bonchev–Trinajstić information content (AvgIpc) is 2.99. The largest absolute Gasteiger partial charge is 0.378 e. The SMILES string of the molecule is CN(C)c1ccc(N2C(=O)C(c3ccc(F)cc3)=C(N3CCOCC3)C2=O)cc1. The number of morpholine rings is 1. The van der Waals surface area contributed by atoms with E-state index in [-0.39, 0.29) is 5.91 Å². The summed E-state index contributed by atoms with van der Waals surface area (Å²) in [4.78, 5) is 31.8. The van der Waals surface area contributed by atoms with E-state index in [0.29, 0.717) is 48.8 Å². The van der Waals surface area contributed by atoms with Gasteiger partial charge in [0.2, 0.25) is 0 Å². The molecular weight excluding hydrogens is 373 g/mol. The summed E-state index contributed by atoms with van der Waals surface area (Å²) in [7, 11) is 3.85. The van der Waals surface area contributed by atoms with E-state index in [1.165, 1.54) is 29.2 Å². The lowest BCUT2D eigenvalue weighted by Crippen LogP contribution is -2.40. The van der Waals surface area contributed by atoms with Gasteiger partial charge in [-0.2, -0.15) is 0 Å². The van der Waals surface area contributed by atoms with Crippen molar-refractivity contribution >= 4 is 28.8 Å². The van der Waals surface area contributed by atoms with Gasteiger partial charge < -0.3 is 14.5 Å². The number of amides is 2. The molecule has 2 aliphatic rings. The first-order valence-corrected chi connectivity index (χ1v) is 9.46. The van der Waals surface area contributed by atoms with Gasteiger partial charge in [-0.05, 0) is 42.0 Å². The number of rotatable bonds is 4. The monoisotopic (exact) mass is 395 g/mol. The number of hydrogen-bond acceptors (Lipinski definition) is 5. The number of ether oxygens (including phenoxy) is 1. The van der Waals surface area contributed by atoms with Gasteiger partial charge in [0, 0.05) is 32.9 Å². The van der Waals surface area contributed by atoms with Crippen LogP contribution in [0.15, 0.2) is 54.2 Å². The molecule has 0 saturated carbocycles. The molecule has 1 fully saturated rings. The summed E-state index contributed by atoms with van der Waals surface area (Å²) in [5, 5.41) is 0. The molecule has 0 atom stereocenters. The molecule has 6 nitrogen and oxygen atoms in total. The molecule has 1 saturated heterocycles. The third-order valence-corrected chi connectivity index (χ3v) is 5.14. The predicted molar refractivity (Wildman–Crippen MR) is 109 cm³/mol. The molecule has 4 rings (SSSR count). The maximum atomic E-state index is 13.4. The number of imide groups is 1.